The van der Waals surface area contributed by atoms with Crippen LogP contribution in [0.4, 0.5) is 5.69 Å². The molecule has 26 heavy (non-hydrogen) atoms. The fourth-order valence-electron chi connectivity index (χ4n) is 6.27. The lowest BCUT2D eigenvalue weighted by molar-refractivity contribution is -0.119. The SMILES string of the molecule is C[C@H](N[C@@H](C)C12CC3CC(CC(C3)C1)C2)C(=O)Nc1ccccc1C#N. The van der Waals surface area contributed by atoms with Crippen molar-refractivity contribution in [1.29, 1.82) is 5.26 Å². The lowest BCUT2D eigenvalue weighted by atomic mass is 9.48. The van der Waals surface area contributed by atoms with Crippen LogP contribution in [0.5, 0.6) is 0 Å². The molecule has 0 aromatic heterocycles. The Bertz CT molecular complexity index is 700. The second kappa shape index (κ2) is 6.70. The number of nitriles is 1. The highest BCUT2D eigenvalue weighted by atomic mass is 16.2. The van der Waals surface area contributed by atoms with Gasteiger partial charge in [0.05, 0.1) is 17.3 Å². The summed E-state index contributed by atoms with van der Waals surface area (Å²) in [5.74, 6) is 2.68. The minimum Gasteiger partial charge on any atom is -0.324 e. The van der Waals surface area contributed by atoms with E-state index in [0.717, 1.165) is 17.8 Å². The van der Waals surface area contributed by atoms with Crippen LogP contribution in [0, 0.1) is 34.5 Å². The van der Waals surface area contributed by atoms with Crippen molar-refractivity contribution in [3.8, 4) is 6.07 Å². The van der Waals surface area contributed by atoms with Crippen molar-refractivity contribution in [1.82, 2.24) is 5.32 Å². The van der Waals surface area contributed by atoms with Gasteiger partial charge in [0.1, 0.15) is 6.07 Å². The average Bonchev–Trinajstić information content (AvgIpc) is 2.61. The van der Waals surface area contributed by atoms with Crippen LogP contribution in [0.3, 0.4) is 0 Å². The minimum absolute atomic E-state index is 0.0655. The second-order valence-electron chi connectivity index (χ2n) is 9.04. The number of para-hydroxylation sites is 1. The topological polar surface area (TPSA) is 64.9 Å². The van der Waals surface area contributed by atoms with Crippen molar-refractivity contribution in [2.24, 2.45) is 23.2 Å². The molecule has 2 atom stereocenters. The van der Waals surface area contributed by atoms with Gasteiger partial charge >= 0.3 is 0 Å². The number of anilines is 1. The number of nitrogens with zero attached hydrogens (tertiary/aromatic N) is 1. The van der Waals surface area contributed by atoms with Crippen molar-refractivity contribution < 1.29 is 4.79 Å². The first-order valence-electron chi connectivity index (χ1n) is 10.0. The Balaban J connectivity index is 1.40. The van der Waals surface area contributed by atoms with Gasteiger partial charge in [-0.15, -0.1) is 0 Å². The summed E-state index contributed by atoms with van der Waals surface area (Å²) >= 11 is 0. The molecule has 4 nitrogen and oxygen atoms in total. The van der Waals surface area contributed by atoms with Crippen LogP contribution in [0.15, 0.2) is 24.3 Å². The van der Waals surface area contributed by atoms with Crippen molar-refractivity contribution >= 4 is 11.6 Å². The molecule has 138 valence electrons. The van der Waals surface area contributed by atoms with Crippen molar-refractivity contribution in [3.05, 3.63) is 29.8 Å². The molecule has 0 heterocycles. The molecule has 2 N–H and O–H groups in total. The Morgan fingerprint density at radius 3 is 2.27 bits per heavy atom. The van der Waals surface area contributed by atoms with Gasteiger partial charge in [0.15, 0.2) is 0 Å². The molecule has 1 amide bonds. The first-order valence-corrected chi connectivity index (χ1v) is 10.0. The Morgan fingerprint density at radius 2 is 1.69 bits per heavy atom. The van der Waals surface area contributed by atoms with Crippen molar-refractivity contribution in [2.75, 3.05) is 5.32 Å². The van der Waals surface area contributed by atoms with Gasteiger partial charge in [0.2, 0.25) is 5.91 Å². The normalized spacial score (nSPS) is 34.1. The van der Waals surface area contributed by atoms with Gasteiger partial charge in [-0.25, -0.2) is 0 Å². The van der Waals surface area contributed by atoms with Crippen LogP contribution < -0.4 is 10.6 Å². The minimum atomic E-state index is -0.273. The van der Waals surface area contributed by atoms with E-state index in [1.54, 1.807) is 12.1 Å². The Labute approximate surface area is 156 Å². The van der Waals surface area contributed by atoms with Gasteiger partial charge in [-0.1, -0.05) is 12.1 Å². The number of carbonyl (C=O) groups excluding carboxylic acids is 1. The van der Waals surface area contributed by atoms with Crippen LogP contribution >= 0.6 is 0 Å². The molecule has 4 fully saturated rings. The average molecular weight is 351 g/mol. The highest BCUT2D eigenvalue weighted by molar-refractivity contribution is 5.95. The van der Waals surface area contributed by atoms with Crippen LogP contribution in [-0.4, -0.2) is 18.0 Å². The summed E-state index contributed by atoms with van der Waals surface area (Å²) in [6, 6.07) is 9.37. The second-order valence-corrected chi connectivity index (χ2v) is 9.04. The van der Waals surface area contributed by atoms with Crippen molar-refractivity contribution in [3.63, 3.8) is 0 Å². The van der Waals surface area contributed by atoms with Crippen LogP contribution in [0.1, 0.15) is 57.9 Å². The maximum atomic E-state index is 12.7. The molecule has 1 aromatic carbocycles. The molecule has 4 heteroatoms. The fraction of sp³-hybridized carbons (Fsp3) is 0.636. The first-order chi connectivity index (χ1) is 12.5. The van der Waals surface area contributed by atoms with Gasteiger partial charge in [-0.2, -0.15) is 5.26 Å². The molecule has 0 unspecified atom stereocenters. The molecule has 0 radical (unpaired) electrons. The number of rotatable bonds is 5. The predicted octanol–water partition coefficient (Wildman–Crippen LogP) is 4.08. The summed E-state index contributed by atoms with van der Waals surface area (Å²) in [6.45, 7) is 4.21. The van der Waals surface area contributed by atoms with E-state index < -0.39 is 0 Å². The van der Waals surface area contributed by atoms with Crippen molar-refractivity contribution in [2.45, 2.75) is 64.5 Å². The molecule has 0 spiro atoms. The number of hydrogen-bond donors (Lipinski definition) is 2. The van der Waals surface area contributed by atoms with Crippen LogP contribution in [-0.2, 0) is 4.79 Å². The Kier molecular flexibility index (Phi) is 4.52. The summed E-state index contributed by atoms with van der Waals surface area (Å²) in [5, 5.41) is 15.7. The van der Waals surface area contributed by atoms with E-state index in [-0.39, 0.29) is 11.9 Å². The zero-order valence-electron chi connectivity index (χ0n) is 15.8. The van der Waals surface area contributed by atoms with E-state index in [0.29, 0.717) is 22.7 Å². The van der Waals surface area contributed by atoms with Gasteiger partial charge in [-0.3, -0.25) is 4.79 Å². The molecule has 0 saturated heterocycles. The number of hydrogen-bond acceptors (Lipinski definition) is 3. The molecule has 1 aromatic rings. The lowest BCUT2D eigenvalue weighted by Crippen LogP contribution is -2.57. The number of carbonyl (C=O) groups is 1. The fourth-order valence-corrected chi connectivity index (χ4v) is 6.27. The first kappa shape index (κ1) is 17.5. The van der Waals surface area contributed by atoms with Gasteiger partial charge in [0, 0.05) is 6.04 Å². The van der Waals surface area contributed by atoms with E-state index in [1.807, 2.05) is 19.1 Å². The zero-order valence-corrected chi connectivity index (χ0v) is 15.8. The van der Waals surface area contributed by atoms with Crippen LogP contribution in [0.2, 0.25) is 0 Å². The Hall–Kier alpha value is -1.86. The highest BCUT2D eigenvalue weighted by Gasteiger charge is 2.53. The van der Waals surface area contributed by atoms with Gasteiger partial charge in [0.25, 0.3) is 0 Å². The molecule has 4 aliphatic rings. The number of amides is 1. The highest BCUT2D eigenvalue weighted by Crippen LogP contribution is 2.61. The number of nitrogens with one attached hydrogen (secondary N) is 2. The summed E-state index contributed by atoms with van der Waals surface area (Å²) < 4.78 is 0. The largest absolute Gasteiger partial charge is 0.324 e. The summed E-state index contributed by atoms with van der Waals surface area (Å²) in [4.78, 5) is 12.7. The third kappa shape index (κ3) is 3.14. The third-order valence-electron chi connectivity index (χ3n) is 7.20. The van der Waals surface area contributed by atoms with Gasteiger partial charge < -0.3 is 10.6 Å². The maximum Gasteiger partial charge on any atom is 0.241 e. The summed E-state index contributed by atoms with van der Waals surface area (Å²) in [6.07, 6.45) is 8.31. The standard InChI is InChI=1S/C22H29N3O/c1-14(21(26)25-20-6-4-3-5-19(20)13-23)24-15(2)22-10-16-7-17(11-22)9-18(8-16)12-22/h3-6,14-18,24H,7-12H2,1-2H3,(H,25,26)/t14-,15-,16?,17?,18?,22?/m0/s1. The smallest absolute Gasteiger partial charge is 0.241 e. The van der Waals surface area contributed by atoms with Crippen LogP contribution in [0.25, 0.3) is 0 Å². The van der Waals surface area contributed by atoms with E-state index in [9.17, 15) is 10.1 Å². The molecule has 0 aliphatic heterocycles. The van der Waals surface area contributed by atoms with E-state index >= 15 is 0 Å². The Morgan fingerprint density at radius 1 is 1.12 bits per heavy atom. The molecular weight excluding hydrogens is 322 g/mol. The molecule has 4 saturated carbocycles. The number of benzene rings is 1. The van der Waals surface area contributed by atoms with Gasteiger partial charge in [-0.05, 0) is 87.7 Å². The zero-order chi connectivity index (χ0) is 18.3. The third-order valence-corrected chi connectivity index (χ3v) is 7.20. The lowest BCUT2D eigenvalue weighted by Gasteiger charge is -2.59. The van der Waals surface area contributed by atoms with E-state index in [1.165, 1.54) is 38.5 Å². The van der Waals surface area contributed by atoms with E-state index in [4.69, 9.17) is 0 Å². The molecule has 4 bridgehead atoms. The molecule has 5 rings (SSSR count). The predicted molar refractivity (Wildman–Crippen MR) is 102 cm³/mol. The molecular formula is C22H29N3O. The summed E-state index contributed by atoms with van der Waals surface area (Å²) in [5.41, 5.74) is 1.48. The quantitative estimate of drug-likeness (QED) is 0.840. The maximum absolute atomic E-state index is 12.7. The molecule has 4 aliphatic carbocycles. The monoisotopic (exact) mass is 351 g/mol. The van der Waals surface area contributed by atoms with E-state index in [2.05, 4.69) is 23.6 Å². The summed E-state index contributed by atoms with van der Waals surface area (Å²) in [7, 11) is 0.